The monoisotopic (exact) mass is 730 g/mol. The van der Waals surface area contributed by atoms with Gasteiger partial charge in [-0.3, -0.25) is 4.79 Å². The van der Waals surface area contributed by atoms with Gasteiger partial charge in [0.2, 0.25) is 6.43 Å². The summed E-state index contributed by atoms with van der Waals surface area (Å²) in [5.41, 5.74) is 3.01. The number of hydrogen-bond donors (Lipinski definition) is 3. The molecule has 1 spiro atoms. The molecule has 3 aliphatic carbocycles. The van der Waals surface area contributed by atoms with E-state index >= 15 is 0 Å². The van der Waals surface area contributed by atoms with Gasteiger partial charge in [0.25, 0.3) is 5.91 Å². The summed E-state index contributed by atoms with van der Waals surface area (Å²) in [5.74, 6) is -1.14. The first-order valence-electron chi connectivity index (χ1n) is 17.7. The minimum absolute atomic E-state index is 0.0572. The molecule has 2 aromatic rings. The highest BCUT2D eigenvalue weighted by Crippen LogP contribution is 2.47. The molecule has 9 nitrogen and oxygen atoms in total. The van der Waals surface area contributed by atoms with E-state index in [0.29, 0.717) is 36.9 Å². The number of aliphatic hydroxyl groups excluding tert-OH is 1. The molecule has 13 heteroatoms. The van der Waals surface area contributed by atoms with Crippen molar-refractivity contribution in [2.75, 3.05) is 24.6 Å². The maximum Gasteiger partial charge on any atom is 0.327 e. The van der Waals surface area contributed by atoms with Crippen LogP contribution in [0.3, 0.4) is 0 Å². The van der Waals surface area contributed by atoms with Crippen LogP contribution < -0.4 is 19.7 Å². The smallest absolute Gasteiger partial charge is 0.327 e. The second kappa shape index (κ2) is 13.7. The summed E-state index contributed by atoms with van der Waals surface area (Å²) < 4.78 is 54.0. The molecule has 5 aliphatic rings. The number of fused-ring (bicyclic) bond motifs is 4. The molecule has 0 aromatic heterocycles. The number of urea groups is 1. The third-order valence-corrected chi connectivity index (χ3v) is 14.4. The predicted octanol–water partition coefficient (Wildman–Crippen LogP) is 6.66. The number of carbonyl (C=O) groups excluding carboxylic acids is 2. The van der Waals surface area contributed by atoms with Crippen molar-refractivity contribution in [3.05, 3.63) is 70.3 Å². The summed E-state index contributed by atoms with van der Waals surface area (Å²) in [6.45, 7) is 5.22. The molecule has 2 fully saturated rings. The molecule has 3 N–H and O–H groups in total. The number of aliphatic hydroxyl groups is 1. The molecule has 2 aromatic carbocycles. The second-order valence-electron chi connectivity index (χ2n) is 15.0. The Kier molecular flexibility index (Phi) is 9.66. The summed E-state index contributed by atoms with van der Waals surface area (Å²) in [6.07, 6.45) is 5.67. The van der Waals surface area contributed by atoms with Crippen molar-refractivity contribution in [3.63, 3.8) is 0 Å². The standard InChI is InChI=1S/C37H45ClF2N4O5S/c1-21-5-3-7-32(45)27-11-8-25(27)18-44-19-37(14-4-6-23-15-26(38)10-12-29(23)37)20-49-33-13-9-24(16-31(33)44)35(46)42-50(48,22(21)2)43-36(47)41-30-17-28(30)34(39)40/h3,7,9-10,12-13,15-16,21-22,25,27-28,30,32,34,45H,4-6,8,11,14,17-20H2,1-2H3,(H2,41,42,43,46,47,48)/b7-3+. The van der Waals surface area contributed by atoms with Gasteiger partial charge >= 0.3 is 6.03 Å². The van der Waals surface area contributed by atoms with Crippen LogP contribution in [0.2, 0.25) is 5.02 Å². The van der Waals surface area contributed by atoms with E-state index in [9.17, 15) is 27.7 Å². The van der Waals surface area contributed by atoms with E-state index in [0.717, 1.165) is 37.8 Å². The SMILES string of the molecule is CC1C/C=C/C(O)C2CCC2CN2CC3(CCCc4cc(Cl)ccc43)COc3ccc(cc32)C(=O)N=S(=O)(NC(=O)NC2CC2C(F)F)C1C. The summed E-state index contributed by atoms with van der Waals surface area (Å²) in [6, 6.07) is 9.52. The zero-order valence-corrected chi connectivity index (χ0v) is 29.9. The highest BCUT2D eigenvalue weighted by atomic mass is 35.5. The summed E-state index contributed by atoms with van der Waals surface area (Å²) in [7, 11) is -3.75. The number of nitrogens with one attached hydrogen (secondary N) is 2. The summed E-state index contributed by atoms with van der Waals surface area (Å²) in [5, 5.41) is 13.7. The number of amides is 3. The lowest BCUT2D eigenvalue weighted by atomic mass is 9.68. The number of alkyl halides is 2. The molecule has 9 unspecified atom stereocenters. The van der Waals surface area contributed by atoms with Gasteiger partial charge in [-0.25, -0.2) is 22.5 Å². The van der Waals surface area contributed by atoms with Gasteiger partial charge in [-0.1, -0.05) is 36.7 Å². The van der Waals surface area contributed by atoms with Gasteiger partial charge in [0.05, 0.1) is 23.6 Å². The average Bonchev–Trinajstić information content (AvgIpc) is 3.85. The maximum atomic E-state index is 14.5. The van der Waals surface area contributed by atoms with Crippen molar-refractivity contribution in [2.24, 2.45) is 28.0 Å². The number of hydrogen-bond acceptors (Lipinski definition) is 6. The highest BCUT2D eigenvalue weighted by Gasteiger charge is 2.46. The Labute approximate surface area is 297 Å². The van der Waals surface area contributed by atoms with Gasteiger partial charge in [0.1, 0.15) is 15.7 Å². The fourth-order valence-electron chi connectivity index (χ4n) is 8.25. The maximum absolute atomic E-state index is 14.5. The van der Waals surface area contributed by atoms with E-state index < -0.39 is 51.6 Å². The minimum atomic E-state index is -3.75. The topological polar surface area (TPSA) is 120 Å². The Morgan fingerprint density at radius 2 is 2.02 bits per heavy atom. The normalized spacial score (nSPS) is 35.8. The lowest BCUT2D eigenvalue weighted by Gasteiger charge is -2.45. The van der Waals surface area contributed by atoms with Gasteiger partial charge in [-0.15, -0.1) is 4.36 Å². The molecule has 2 saturated carbocycles. The van der Waals surface area contributed by atoms with Crippen molar-refractivity contribution < 1.29 is 32.4 Å². The average molecular weight is 731 g/mol. The molecule has 2 heterocycles. The van der Waals surface area contributed by atoms with E-state index in [2.05, 4.69) is 25.4 Å². The van der Waals surface area contributed by atoms with Crippen LogP contribution in [0.1, 0.15) is 73.9 Å². The van der Waals surface area contributed by atoms with E-state index in [-0.39, 0.29) is 35.2 Å². The molecular weight excluding hydrogens is 686 g/mol. The van der Waals surface area contributed by atoms with Crippen molar-refractivity contribution in [3.8, 4) is 5.75 Å². The number of rotatable bonds is 3. The Bertz CT molecular complexity index is 1820. The Hall–Kier alpha value is -3.22. The first-order valence-corrected chi connectivity index (χ1v) is 19.6. The second-order valence-corrected chi connectivity index (χ2v) is 17.7. The van der Waals surface area contributed by atoms with Crippen LogP contribution >= 0.6 is 11.6 Å². The van der Waals surface area contributed by atoms with Crippen LogP contribution in [0, 0.1) is 23.7 Å². The molecule has 270 valence electrons. The zero-order chi connectivity index (χ0) is 35.4. The van der Waals surface area contributed by atoms with Gasteiger partial charge < -0.3 is 20.1 Å². The lowest BCUT2D eigenvalue weighted by Crippen LogP contribution is -2.49. The summed E-state index contributed by atoms with van der Waals surface area (Å²) in [4.78, 5) is 29.2. The number of ether oxygens (including phenoxy) is 1. The number of aryl methyl sites for hydroxylation is 1. The van der Waals surface area contributed by atoms with Crippen molar-refractivity contribution in [1.29, 1.82) is 0 Å². The fourth-order valence-corrected chi connectivity index (χ4v) is 10.3. The number of nitrogens with zero attached hydrogens (tertiary/aromatic N) is 2. The van der Waals surface area contributed by atoms with Gasteiger partial charge in [0, 0.05) is 41.1 Å². The van der Waals surface area contributed by atoms with Crippen LogP contribution in [-0.2, 0) is 21.8 Å². The first kappa shape index (κ1) is 35.2. The van der Waals surface area contributed by atoms with Crippen LogP contribution in [0.4, 0.5) is 19.3 Å². The Morgan fingerprint density at radius 3 is 2.76 bits per heavy atom. The van der Waals surface area contributed by atoms with E-state index in [1.165, 1.54) is 11.1 Å². The predicted molar refractivity (Wildman–Crippen MR) is 189 cm³/mol. The largest absolute Gasteiger partial charge is 0.490 e. The number of anilines is 1. The minimum Gasteiger partial charge on any atom is -0.490 e. The molecule has 50 heavy (non-hydrogen) atoms. The third kappa shape index (κ3) is 6.87. The van der Waals surface area contributed by atoms with Gasteiger partial charge in [-0.05, 0) is 111 Å². The van der Waals surface area contributed by atoms with Crippen molar-refractivity contribution in [2.45, 2.75) is 88.0 Å². The van der Waals surface area contributed by atoms with E-state index in [4.69, 9.17) is 16.3 Å². The quantitative estimate of drug-likeness (QED) is 0.304. The van der Waals surface area contributed by atoms with Gasteiger partial charge in [0.15, 0.2) is 0 Å². The van der Waals surface area contributed by atoms with Crippen LogP contribution in [0.15, 0.2) is 52.9 Å². The number of carbonyl (C=O) groups is 2. The molecule has 7 rings (SSSR count). The Balaban J connectivity index is 1.27. The molecule has 2 aliphatic heterocycles. The zero-order valence-electron chi connectivity index (χ0n) is 28.3. The molecular formula is C37H45ClF2N4O5S. The highest BCUT2D eigenvalue weighted by molar-refractivity contribution is 7.93. The third-order valence-electron chi connectivity index (χ3n) is 11.7. The molecule has 0 saturated heterocycles. The molecule has 9 atom stereocenters. The van der Waals surface area contributed by atoms with Crippen molar-refractivity contribution >= 4 is 39.1 Å². The number of halogens is 3. The molecule has 2 bridgehead atoms. The lowest BCUT2D eigenvalue weighted by molar-refractivity contribution is 0.0456. The number of benzene rings is 2. The summed E-state index contributed by atoms with van der Waals surface area (Å²) >= 11 is 6.41. The number of allylic oxidation sites excluding steroid dienone is 1. The van der Waals surface area contributed by atoms with Crippen molar-refractivity contribution in [1.82, 2.24) is 10.0 Å². The van der Waals surface area contributed by atoms with Gasteiger partial charge in [-0.2, -0.15) is 0 Å². The van der Waals surface area contributed by atoms with Crippen LogP contribution in [0.25, 0.3) is 0 Å². The molecule has 3 amide bonds. The Morgan fingerprint density at radius 1 is 1.20 bits per heavy atom. The van der Waals surface area contributed by atoms with E-state index in [1.54, 1.807) is 31.2 Å². The fraction of sp³-hybridized carbons (Fsp3) is 0.568. The molecule has 0 radical (unpaired) electrons. The van der Waals surface area contributed by atoms with Crippen LogP contribution in [0.5, 0.6) is 5.75 Å². The van der Waals surface area contributed by atoms with E-state index in [1.807, 2.05) is 25.1 Å². The van der Waals surface area contributed by atoms with Crippen LogP contribution in [-0.4, -0.2) is 64.8 Å². The first-order chi connectivity index (χ1) is 23.9.